The number of carbonyl (C=O) groups is 2. The number of nitrogens with zero attached hydrogens (tertiary/aromatic N) is 1. The Morgan fingerprint density at radius 2 is 1.96 bits per heavy atom. The molecular formula is C20H30N4O2. The second-order valence-electron chi connectivity index (χ2n) is 6.62. The molecule has 1 aliphatic rings. The number of fused-ring (bicyclic) bond motifs is 1. The monoisotopic (exact) mass is 358 g/mol. The number of nitrogens with one attached hydrogen (secondary N) is 3. The Balaban J connectivity index is 0.000000352. The molecule has 0 unspecified atom stereocenters. The third-order valence-corrected chi connectivity index (χ3v) is 4.99. The van der Waals surface area contributed by atoms with E-state index in [0.29, 0.717) is 12.3 Å². The number of hydrogen-bond acceptors (Lipinski definition) is 3. The van der Waals surface area contributed by atoms with E-state index in [1.165, 1.54) is 29.5 Å². The van der Waals surface area contributed by atoms with Gasteiger partial charge in [0, 0.05) is 24.7 Å². The molecule has 1 aliphatic heterocycles. The van der Waals surface area contributed by atoms with Gasteiger partial charge in [0.1, 0.15) is 0 Å². The van der Waals surface area contributed by atoms with Crippen LogP contribution in [0, 0.1) is 6.92 Å². The number of anilines is 1. The van der Waals surface area contributed by atoms with Gasteiger partial charge in [-0.15, -0.1) is 0 Å². The molecule has 1 fully saturated rings. The van der Waals surface area contributed by atoms with Crippen molar-refractivity contribution >= 4 is 29.4 Å². The number of amides is 2. The molecule has 26 heavy (non-hydrogen) atoms. The Morgan fingerprint density at radius 1 is 1.23 bits per heavy atom. The first kappa shape index (κ1) is 20.0. The number of carbonyl (C=O) groups excluding carboxylic acids is 2. The first-order chi connectivity index (χ1) is 12.7. The second kappa shape index (κ2) is 9.97. The smallest absolute Gasteiger partial charge is 0.211 e. The fraction of sp³-hybridized carbons (Fsp3) is 0.500. The lowest BCUT2D eigenvalue weighted by Crippen LogP contribution is -2.26. The molecular weight excluding hydrogens is 328 g/mol. The normalized spacial score (nSPS) is 14.4. The van der Waals surface area contributed by atoms with Gasteiger partial charge in [-0.1, -0.05) is 19.1 Å². The summed E-state index contributed by atoms with van der Waals surface area (Å²) in [5.74, 6) is 0.617. The van der Waals surface area contributed by atoms with Crippen molar-refractivity contribution in [1.82, 2.24) is 15.2 Å². The number of rotatable bonds is 6. The average molecular weight is 358 g/mol. The lowest BCUT2D eigenvalue weighted by Gasteiger charge is -2.23. The standard InChI is InChI=1S/C16H21N3O.C4H9NO/c1-11-15(12-6-8-17-9-7-12)13-4-3-5-14(18-10-20)16(13)19(11)2;1-2-3-5-4-6/h3-5,10,12,17H,6-9H2,1-2H3,(H,18,20);4H,2-3H2,1H3,(H,5,6). The van der Waals surface area contributed by atoms with Gasteiger partial charge < -0.3 is 20.5 Å². The maximum Gasteiger partial charge on any atom is 0.211 e. The number of piperidine rings is 1. The van der Waals surface area contributed by atoms with E-state index in [1.807, 2.05) is 19.1 Å². The molecule has 142 valence electrons. The summed E-state index contributed by atoms with van der Waals surface area (Å²) < 4.78 is 2.21. The topological polar surface area (TPSA) is 75.2 Å². The molecule has 0 spiro atoms. The van der Waals surface area contributed by atoms with Crippen molar-refractivity contribution in [2.75, 3.05) is 25.0 Å². The largest absolute Gasteiger partial charge is 0.359 e. The van der Waals surface area contributed by atoms with Crippen LogP contribution in [0.1, 0.15) is 43.4 Å². The number of aromatic nitrogens is 1. The Bertz CT molecular complexity index is 733. The van der Waals surface area contributed by atoms with E-state index in [0.717, 1.165) is 43.7 Å². The molecule has 3 rings (SSSR count). The second-order valence-corrected chi connectivity index (χ2v) is 6.62. The van der Waals surface area contributed by atoms with E-state index in [4.69, 9.17) is 0 Å². The van der Waals surface area contributed by atoms with Crippen molar-refractivity contribution in [2.45, 2.75) is 39.0 Å². The van der Waals surface area contributed by atoms with E-state index < -0.39 is 0 Å². The van der Waals surface area contributed by atoms with Gasteiger partial charge >= 0.3 is 0 Å². The Hall–Kier alpha value is -2.34. The van der Waals surface area contributed by atoms with Crippen molar-refractivity contribution in [1.29, 1.82) is 0 Å². The van der Waals surface area contributed by atoms with Crippen molar-refractivity contribution in [3.8, 4) is 0 Å². The van der Waals surface area contributed by atoms with Gasteiger partial charge in [0.25, 0.3) is 0 Å². The Labute approximate surface area is 155 Å². The number of hydrogen-bond donors (Lipinski definition) is 3. The summed E-state index contributed by atoms with van der Waals surface area (Å²) in [5, 5.41) is 10.0. The van der Waals surface area contributed by atoms with Gasteiger partial charge in [-0.25, -0.2) is 0 Å². The minimum absolute atomic E-state index is 0.617. The molecule has 2 aromatic rings. The highest BCUT2D eigenvalue weighted by molar-refractivity contribution is 5.98. The van der Waals surface area contributed by atoms with Crippen LogP contribution < -0.4 is 16.0 Å². The summed E-state index contributed by atoms with van der Waals surface area (Å²) in [5.41, 5.74) is 4.79. The first-order valence-electron chi connectivity index (χ1n) is 9.31. The van der Waals surface area contributed by atoms with Crippen LogP contribution >= 0.6 is 0 Å². The minimum atomic E-state index is 0.617. The quantitative estimate of drug-likeness (QED) is 0.549. The van der Waals surface area contributed by atoms with E-state index in [-0.39, 0.29) is 0 Å². The lowest BCUT2D eigenvalue weighted by atomic mass is 9.88. The van der Waals surface area contributed by atoms with Crippen molar-refractivity contribution in [3.05, 3.63) is 29.5 Å². The summed E-state index contributed by atoms with van der Waals surface area (Å²) in [4.78, 5) is 20.2. The maximum atomic E-state index is 10.8. The zero-order valence-corrected chi connectivity index (χ0v) is 16.0. The van der Waals surface area contributed by atoms with Crippen LogP contribution in [-0.4, -0.2) is 37.0 Å². The number of para-hydroxylation sites is 1. The van der Waals surface area contributed by atoms with E-state index in [1.54, 1.807) is 0 Å². The van der Waals surface area contributed by atoms with Crippen molar-refractivity contribution < 1.29 is 9.59 Å². The molecule has 1 aromatic carbocycles. The van der Waals surface area contributed by atoms with Crippen LogP contribution in [0.25, 0.3) is 10.9 Å². The molecule has 6 nitrogen and oxygen atoms in total. The van der Waals surface area contributed by atoms with Crippen molar-refractivity contribution in [2.24, 2.45) is 7.05 Å². The van der Waals surface area contributed by atoms with E-state index in [2.05, 4.69) is 40.6 Å². The predicted octanol–water partition coefficient (Wildman–Crippen LogP) is 2.66. The number of benzene rings is 1. The zero-order chi connectivity index (χ0) is 18.9. The highest BCUT2D eigenvalue weighted by Crippen LogP contribution is 2.38. The molecule has 3 N–H and O–H groups in total. The molecule has 0 radical (unpaired) electrons. The summed E-state index contributed by atoms with van der Waals surface area (Å²) in [6.45, 7) is 7.17. The summed E-state index contributed by atoms with van der Waals surface area (Å²) >= 11 is 0. The maximum absolute atomic E-state index is 10.8. The van der Waals surface area contributed by atoms with E-state index in [9.17, 15) is 9.59 Å². The van der Waals surface area contributed by atoms with Crippen LogP contribution in [0.2, 0.25) is 0 Å². The molecule has 6 heteroatoms. The molecule has 1 saturated heterocycles. The molecule has 2 amide bonds. The van der Waals surface area contributed by atoms with Crippen LogP contribution in [0.5, 0.6) is 0 Å². The van der Waals surface area contributed by atoms with Gasteiger partial charge in [-0.3, -0.25) is 9.59 Å². The van der Waals surface area contributed by atoms with Crippen LogP contribution in [0.15, 0.2) is 18.2 Å². The number of aryl methyl sites for hydroxylation is 1. The molecule has 0 bridgehead atoms. The summed E-state index contributed by atoms with van der Waals surface area (Å²) in [6, 6.07) is 6.16. The lowest BCUT2D eigenvalue weighted by molar-refractivity contribution is -0.109. The highest BCUT2D eigenvalue weighted by Gasteiger charge is 2.23. The minimum Gasteiger partial charge on any atom is -0.359 e. The van der Waals surface area contributed by atoms with Gasteiger partial charge in [0.05, 0.1) is 11.2 Å². The molecule has 0 atom stereocenters. The Morgan fingerprint density at radius 3 is 2.54 bits per heavy atom. The van der Waals surface area contributed by atoms with Gasteiger partial charge in [-0.05, 0) is 56.8 Å². The predicted molar refractivity (Wildman–Crippen MR) is 107 cm³/mol. The molecule has 0 aliphatic carbocycles. The fourth-order valence-corrected chi connectivity index (χ4v) is 3.67. The first-order valence-corrected chi connectivity index (χ1v) is 9.31. The zero-order valence-electron chi connectivity index (χ0n) is 16.0. The molecule has 0 saturated carbocycles. The van der Waals surface area contributed by atoms with Crippen LogP contribution in [-0.2, 0) is 16.6 Å². The van der Waals surface area contributed by atoms with Gasteiger partial charge in [0.2, 0.25) is 12.8 Å². The molecule has 1 aromatic heterocycles. The fourth-order valence-electron chi connectivity index (χ4n) is 3.67. The van der Waals surface area contributed by atoms with Crippen LogP contribution in [0.4, 0.5) is 5.69 Å². The Kier molecular flexibility index (Phi) is 7.66. The van der Waals surface area contributed by atoms with E-state index >= 15 is 0 Å². The summed E-state index contributed by atoms with van der Waals surface area (Å²) in [6.07, 6.45) is 4.85. The van der Waals surface area contributed by atoms with Gasteiger partial charge in [0.15, 0.2) is 0 Å². The third kappa shape index (κ3) is 4.43. The average Bonchev–Trinajstić information content (AvgIpc) is 2.93. The van der Waals surface area contributed by atoms with Crippen LogP contribution in [0.3, 0.4) is 0 Å². The highest BCUT2D eigenvalue weighted by atomic mass is 16.1. The van der Waals surface area contributed by atoms with Gasteiger partial charge in [-0.2, -0.15) is 0 Å². The molecule has 2 heterocycles. The third-order valence-electron chi connectivity index (χ3n) is 4.99. The SMILES string of the molecule is CCCNC=O.Cc1c(C2CCNCC2)c2cccc(NC=O)c2n1C. The van der Waals surface area contributed by atoms with Crippen molar-refractivity contribution in [3.63, 3.8) is 0 Å². The summed E-state index contributed by atoms with van der Waals surface area (Å²) in [7, 11) is 2.08.